The Morgan fingerprint density at radius 2 is 0.718 bits per heavy atom. The van der Waals surface area contributed by atoms with E-state index in [1.54, 1.807) is 55.4 Å². The van der Waals surface area contributed by atoms with Crippen LogP contribution in [-0.4, -0.2) is 169 Å². The van der Waals surface area contributed by atoms with Crippen molar-refractivity contribution in [1.82, 2.24) is 0 Å². The van der Waals surface area contributed by atoms with Crippen molar-refractivity contribution in [2.75, 3.05) is 49.3 Å². The summed E-state index contributed by atoms with van der Waals surface area (Å²) < 4.78 is 156. The number of aldehydes is 1. The highest BCUT2D eigenvalue weighted by molar-refractivity contribution is 5.98. The summed E-state index contributed by atoms with van der Waals surface area (Å²) in [4.78, 5) is 79.5. The Hall–Kier alpha value is -4.15. The molecule has 0 unspecified atom stereocenters. The maximum absolute atomic E-state index is 13.0. The molecule has 0 aromatic rings. The number of carbonyl (C=O) groups is 7. The zero-order chi connectivity index (χ0) is 60.8. The van der Waals surface area contributed by atoms with E-state index in [1.165, 1.54) is 56.5 Å². The van der Waals surface area contributed by atoms with E-state index >= 15 is 0 Å². The van der Waals surface area contributed by atoms with E-state index in [1.807, 2.05) is 0 Å². The Morgan fingerprint density at radius 1 is 0.449 bits per heavy atom. The number of ketones is 1. The normalized spacial score (nSPS) is 21.4. The van der Waals surface area contributed by atoms with Crippen molar-refractivity contribution in [3.05, 3.63) is 0 Å². The van der Waals surface area contributed by atoms with Crippen LogP contribution in [0.25, 0.3) is 0 Å². The largest absolute Gasteiger partial charge is 0.462 e. The molecule has 5 rings (SSSR count). The first kappa shape index (κ1) is 71.9. The minimum atomic E-state index is -3.17. The first-order valence-electron chi connectivity index (χ1n) is 24.9. The van der Waals surface area contributed by atoms with Gasteiger partial charge in [-0.2, -0.15) is 0 Å². The number of halogens is 8. The van der Waals surface area contributed by atoms with Crippen molar-refractivity contribution >= 4 is 41.9 Å². The van der Waals surface area contributed by atoms with Crippen molar-refractivity contribution in [3.63, 3.8) is 0 Å². The molecule has 0 heterocycles. The van der Waals surface area contributed by atoms with Gasteiger partial charge in [0.25, 0.3) is 25.2 Å². The number of Topliss-reactive ketones (excluding diaryl/α,β-unsaturated/α-hetero) is 1. The summed E-state index contributed by atoms with van der Waals surface area (Å²) in [7, 11) is 8.77. The maximum atomic E-state index is 13.0. The van der Waals surface area contributed by atoms with Crippen LogP contribution in [0, 0.1) is 27.1 Å². The predicted molar refractivity (Wildman–Crippen MR) is 256 cm³/mol. The molecule has 1 N–H and O–H groups in total. The number of aliphatic hydroxyl groups excluding tert-OH is 1. The highest BCUT2D eigenvalue weighted by Crippen LogP contribution is 2.57. The van der Waals surface area contributed by atoms with Gasteiger partial charge in [-0.3, -0.25) is 28.8 Å². The lowest BCUT2D eigenvalue weighted by Crippen LogP contribution is -2.61. The van der Waals surface area contributed by atoms with Crippen LogP contribution in [-0.2, 0) is 85.7 Å². The number of esters is 5. The molecule has 0 radical (unpaired) electrons. The van der Waals surface area contributed by atoms with Gasteiger partial charge < -0.3 is 62.0 Å². The number of hydrogen-bond acceptors (Lipinski definition) is 19. The molecule has 5 fully saturated rings. The predicted octanol–water partition coefficient (Wildman–Crippen LogP) is 7.75. The Morgan fingerprint density at radius 3 is 0.974 bits per heavy atom. The third kappa shape index (κ3) is 17.0. The molecule has 454 valence electrons. The van der Waals surface area contributed by atoms with E-state index in [0.29, 0.717) is 19.1 Å². The lowest BCUT2D eigenvalue weighted by atomic mass is 9.64. The fourth-order valence-corrected chi connectivity index (χ4v) is 8.86. The molecule has 0 saturated heterocycles. The van der Waals surface area contributed by atoms with E-state index in [0.717, 1.165) is 0 Å². The second-order valence-electron chi connectivity index (χ2n) is 21.5. The van der Waals surface area contributed by atoms with E-state index in [9.17, 15) is 73.8 Å². The summed E-state index contributed by atoms with van der Waals surface area (Å²) in [6.45, 7) is 16.2. The fourth-order valence-electron chi connectivity index (χ4n) is 8.86. The monoisotopic (exact) mass is 1150 g/mol. The summed E-state index contributed by atoms with van der Waals surface area (Å²) in [5.74, 6) is -10.1. The molecule has 27 heteroatoms. The van der Waals surface area contributed by atoms with Crippen LogP contribution in [0.15, 0.2) is 0 Å². The molecule has 0 aromatic carbocycles. The minimum absolute atomic E-state index is 0.184. The van der Waals surface area contributed by atoms with Gasteiger partial charge in [0.05, 0.1) is 37.1 Å². The third-order valence-corrected chi connectivity index (χ3v) is 13.5. The van der Waals surface area contributed by atoms with Crippen molar-refractivity contribution in [3.8, 4) is 0 Å². The SMILES string of the molecule is CC(C)OC(=O)C1(C(F)F)CC(=O)C1.CC(C)OC(=O)C1(C(F)F)CC(F)(F)C1.COC1(OC)CC(C(=O)OC(C)C)(C(F)F)C1.COC1(OC)CC(C=O)(C(=O)OC(C)C)C1.COC1(OC)CC(CO)(C(=O)OC(C)C)C1. The zero-order valence-electron chi connectivity index (χ0n) is 47.3. The van der Waals surface area contributed by atoms with E-state index in [2.05, 4.69) is 4.74 Å². The van der Waals surface area contributed by atoms with Crippen LogP contribution >= 0.6 is 0 Å². The smallest absolute Gasteiger partial charge is 0.320 e. The summed E-state index contributed by atoms with van der Waals surface area (Å²) in [6, 6.07) is 0. The van der Waals surface area contributed by atoms with Crippen molar-refractivity contribution in [2.45, 2.75) is 207 Å². The summed E-state index contributed by atoms with van der Waals surface area (Å²) in [6.07, 6.45) is -12.3. The van der Waals surface area contributed by atoms with Gasteiger partial charge in [0.2, 0.25) is 0 Å². The van der Waals surface area contributed by atoms with Crippen LogP contribution in [0.1, 0.15) is 133 Å². The van der Waals surface area contributed by atoms with Gasteiger partial charge in [0, 0.05) is 107 Å². The Labute approximate surface area is 449 Å². The van der Waals surface area contributed by atoms with E-state index < -0.39 is 138 Å². The third-order valence-electron chi connectivity index (χ3n) is 13.5. The molecule has 19 nitrogen and oxygen atoms in total. The Balaban J connectivity index is 0.000000488. The van der Waals surface area contributed by atoms with Gasteiger partial charge in [0.1, 0.15) is 39.1 Å². The van der Waals surface area contributed by atoms with Crippen LogP contribution in [0.4, 0.5) is 35.1 Å². The number of ether oxygens (including phenoxy) is 11. The first-order valence-corrected chi connectivity index (χ1v) is 24.9. The fraction of sp³-hybridized carbons (Fsp3) is 0.863. The summed E-state index contributed by atoms with van der Waals surface area (Å²) >= 11 is 0. The molecule has 0 bridgehead atoms. The number of rotatable bonds is 21. The van der Waals surface area contributed by atoms with Crippen molar-refractivity contribution in [2.24, 2.45) is 27.1 Å². The molecular formula is C51H80F8O19. The van der Waals surface area contributed by atoms with Gasteiger partial charge in [-0.15, -0.1) is 0 Å². The highest BCUT2D eigenvalue weighted by Gasteiger charge is 2.68. The molecule has 5 aliphatic carbocycles. The van der Waals surface area contributed by atoms with Crippen molar-refractivity contribution in [1.29, 1.82) is 0 Å². The molecular weight excluding hydrogens is 1070 g/mol. The Kier molecular flexibility index (Phi) is 26.3. The molecule has 5 saturated carbocycles. The molecule has 0 spiro atoms. The number of carbonyl (C=O) groups excluding carboxylic acids is 7. The molecule has 78 heavy (non-hydrogen) atoms. The van der Waals surface area contributed by atoms with Gasteiger partial charge in [0.15, 0.2) is 17.4 Å². The Bertz CT molecular complexity index is 1960. The molecule has 5 aliphatic rings. The average molecular weight is 1150 g/mol. The second-order valence-corrected chi connectivity index (χ2v) is 21.5. The number of aliphatic hydroxyl groups is 1. The second kappa shape index (κ2) is 28.5. The van der Waals surface area contributed by atoms with Crippen LogP contribution in [0.3, 0.4) is 0 Å². The maximum Gasteiger partial charge on any atom is 0.320 e. The molecule has 0 amide bonds. The van der Waals surface area contributed by atoms with E-state index in [-0.39, 0.29) is 56.3 Å². The number of methoxy groups -OCH3 is 6. The van der Waals surface area contributed by atoms with Crippen LogP contribution in [0.5, 0.6) is 0 Å². The van der Waals surface area contributed by atoms with Gasteiger partial charge >= 0.3 is 29.8 Å². The minimum Gasteiger partial charge on any atom is -0.462 e. The van der Waals surface area contributed by atoms with Crippen LogP contribution in [0.2, 0.25) is 0 Å². The first-order chi connectivity index (χ1) is 35.8. The molecule has 0 atom stereocenters. The number of alkyl halides is 8. The van der Waals surface area contributed by atoms with Crippen LogP contribution < -0.4 is 0 Å². The number of hydrogen-bond donors (Lipinski definition) is 1. The molecule has 0 aliphatic heterocycles. The highest BCUT2D eigenvalue weighted by atomic mass is 19.3. The van der Waals surface area contributed by atoms with Gasteiger partial charge in [-0.25, -0.2) is 35.1 Å². The van der Waals surface area contributed by atoms with Crippen molar-refractivity contribution < 1.29 is 126 Å². The topological polar surface area (TPSA) is 241 Å². The lowest BCUT2D eigenvalue weighted by Gasteiger charge is -2.51. The summed E-state index contributed by atoms with van der Waals surface area (Å²) in [5.41, 5.74) is -7.92. The quantitative estimate of drug-likeness (QED) is 0.0288. The lowest BCUT2D eigenvalue weighted by molar-refractivity contribution is -0.314. The van der Waals surface area contributed by atoms with E-state index in [4.69, 9.17) is 47.4 Å². The standard InChI is InChI=1S/C11H18F2O4.C11H20O5.C11H18O5.C9H12F4O2.C9H12F2O3/c1-7(2)17-9(14)10(8(12)13)5-11(6-10,15-3)16-4;2*1-8(2)16-9(13)10(7-12)5-11(6-10,14-3)15-4;1-5(2)15-7(14)8(6(10)11)3-9(12,13)4-8;1-5(2)14-8(13)9(7(10)11)3-6(12)4-9/h7-8H,5-6H2,1-4H3;8,12H,5-7H2,1-4H3;7-8H,5-6H2,1-4H3;5-6H,3-4H2,1-2H3;5,7H,3-4H2,1-2H3. The summed E-state index contributed by atoms with van der Waals surface area (Å²) in [5, 5.41) is 9.33. The molecule has 0 aromatic heterocycles. The average Bonchev–Trinajstić information content (AvgIpc) is 3.27. The van der Waals surface area contributed by atoms with Gasteiger partial charge in [-0.1, -0.05) is 0 Å². The van der Waals surface area contributed by atoms with Gasteiger partial charge in [-0.05, 0) is 69.2 Å². The zero-order valence-corrected chi connectivity index (χ0v) is 47.3.